The Labute approximate surface area is 107 Å². The van der Waals surface area contributed by atoms with E-state index < -0.39 is 0 Å². The summed E-state index contributed by atoms with van der Waals surface area (Å²) in [5.41, 5.74) is 1.27. The van der Waals surface area contributed by atoms with Gasteiger partial charge in [0.25, 0.3) is 0 Å². The summed E-state index contributed by atoms with van der Waals surface area (Å²) in [5, 5.41) is 8.61. The van der Waals surface area contributed by atoms with Gasteiger partial charge in [-0.2, -0.15) is 0 Å². The van der Waals surface area contributed by atoms with Gasteiger partial charge in [0.1, 0.15) is 6.61 Å². The summed E-state index contributed by atoms with van der Waals surface area (Å²) in [6.45, 7) is 4.16. The highest BCUT2D eigenvalue weighted by Crippen LogP contribution is 2.04. The van der Waals surface area contributed by atoms with Crippen LogP contribution in [0, 0.1) is 0 Å². The first-order valence-corrected chi connectivity index (χ1v) is 5.91. The Balaban J connectivity index is 2.30. The lowest BCUT2D eigenvalue weighted by Gasteiger charge is -2.04. The van der Waals surface area contributed by atoms with Crippen LogP contribution in [0.4, 0.5) is 0 Å². The quantitative estimate of drug-likeness (QED) is 0.457. The Morgan fingerprint density at radius 2 is 2.06 bits per heavy atom. The van der Waals surface area contributed by atoms with E-state index in [1.54, 1.807) is 24.3 Å². The van der Waals surface area contributed by atoms with Gasteiger partial charge >= 0.3 is 5.97 Å². The maximum absolute atomic E-state index is 11.6. The second kappa shape index (κ2) is 8.25. The fourth-order valence-corrected chi connectivity index (χ4v) is 1.32. The molecule has 0 spiro atoms. The highest BCUT2D eigenvalue weighted by Gasteiger charge is 2.05. The Hall–Kier alpha value is -1.87. The van der Waals surface area contributed by atoms with E-state index in [2.05, 4.69) is 6.58 Å². The summed E-state index contributed by atoms with van der Waals surface area (Å²) in [6, 6.07) is 8.85. The van der Waals surface area contributed by atoms with Crippen LogP contribution in [0.5, 0.6) is 0 Å². The molecule has 1 N–H and O–H groups in total. The van der Waals surface area contributed by atoms with Crippen LogP contribution in [0.25, 0.3) is 0 Å². The van der Waals surface area contributed by atoms with E-state index in [0.29, 0.717) is 5.56 Å². The predicted molar refractivity (Wildman–Crippen MR) is 71.3 cm³/mol. The van der Waals surface area contributed by atoms with Crippen LogP contribution < -0.4 is 0 Å². The first kappa shape index (κ1) is 14.2. The molecule has 0 bridgehead atoms. The first-order valence-electron chi connectivity index (χ1n) is 5.91. The summed E-state index contributed by atoms with van der Waals surface area (Å²) >= 11 is 0. The molecular formula is C15H18O3. The summed E-state index contributed by atoms with van der Waals surface area (Å²) in [6.07, 6.45) is 5.25. The maximum atomic E-state index is 11.6. The molecule has 96 valence electrons. The molecule has 0 unspecified atom stereocenters. The molecule has 0 radical (unpaired) electrons. The number of carbonyl (C=O) groups excluding carboxylic acids is 1. The molecule has 3 heteroatoms. The van der Waals surface area contributed by atoms with E-state index in [1.807, 2.05) is 18.2 Å². The number of allylic oxidation sites excluding steroid dienone is 1. The highest BCUT2D eigenvalue weighted by molar-refractivity contribution is 5.89. The normalized spacial score (nSPS) is 10.5. The second-order valence-electron chi connectivity index (χ2n) is 3.87. The molecule has 1 aromatic carbocycles. The van der Waals surface area contributed by atoms with Crippen molar-refractivity contribution in [2.75, 3.05) is 13.2 Å². The SMILES string of the molecule is C=C(/C=C\CCCO)COC(=O)c1ccccc1. The standard InChI is InChI=1S/C15H18O3/c1-13(8-4-3-7-11-16)12-18-15(17)14-9-5-2-6-10-14/h2,4-6,8-10,16H,1,3,7,11-12H2/b8-4-. The monoisotopic (exact) mass is 246 g/mol. The van der Waals surface area contributed by atoms with Crippen molar-refractivity contribution in [3.8, 4) is 0 Å². The largest absolute Gasteiger partial charge is 0.457 e. The molecule has 0 atom stereocenters. The number of esters is 1. The smallest absolute Gasteiger partial charge is 0.338 e. The second-order valence-corrected chi connectivity index (χ2v) is 3.87. The average molecular weight is 246 g/mol. The van der Waals surface area contributed by atoms with E-state index in [4.69, 9.17) is 9.84 Å². The first-order chi connectivity index (χ1) is 8.74. The van der Waals surface area contributed by atoms with Gasteiger partial charge in [0.2, 0.25) is 0 Å². The van der Waals surface area contributed by atoms with E-state index in [0.717, 1.165) is 18.4 Å². The zero-order valence-corrected chi connectivity index (χ0v) is 10.3. The van der Waals surface area contributed by atoms with Crippen LogP contribution in [0.2, 0.25) is 0 Å². The number of carbonyl (C=O) groups is 1. The molecule has 0 aliphatic rings. The third-order valence-electron chi connectivity index (χ3n) is 2.28. The van der Waals surface area contributed by atoms with Gasteiger partial charge < -0.3 is 9.84 Å². The van der Waals surface area contributed by atoms with Crippen molar-refractivity contribution in [2.24, 2.45) is 0 Å². The van der Waals surface area contributed by atoms with Gasteiger partial charge in [-0.3, -0.25) is 0 Å². The number of ether oxygens (including phenoxy) is 1. The lowest BCUT2D eigenvalue weighted by molar-refractivity contribution is 0.0543. The number of unbranched alkanes of at least 4 members (excludes halogenated alkanes) is 1. The van der Waals surface area contributed by atoms with Crippen LogP contribution in [0.3, 0.4) is 0 Å². The Morgan fingerprint density at radius 1 is 1.33 bits per heavy atom. The molecular weight excluding hydrogens is 228 g/mol. The van der Waals surface area contributed by atoms with Gasteiger partial charge in [0.05, 0.1) is 5.56 Å². The van der Waals surface area contributed by atoms with Crippen LogP contribution >= 0.6 is 0 Å². The summed E-state index contributed by atoms with van der Waals surface area (Å²) in [5.74, 6) is -0.347. The van der Waals surface area contributed by atoms with E-state index in [9.17, 15) is 4.79 Å². The van der Waals surface area contributed by atoms with Gasteiger partial charge in [-0.05, 0) is 30.5 Å². The van der Waals surface area contributed by atoms with E-state index >= 15 is 0 Å². The molecule has 3 nitrogen and oxygen atoms in total. The number of hydrogen-bond donors (Lipinski definition) is 1. The fraction of sp³-hybridized carbons (Fsp3) is 0.267. The third kappa shape index (κ3) is 5.46. The lowest BCUT2D eigenvalue weighted by Crippen LogP contribution is -2.06. The molecule has 0 aromatic heterocycles. The van der Waals surface area contributed by atoms with E-state index in [-0.39, 0.29) is 19.2 Å². The Kier molecular flexibility index (Phi) is 6.51. The zero-order chi connectivity index (χ0) is 13.2. The number of aliphatic hydroxyl groups is 1. The summed E-state index contributed by atoms with van der Waals surface area (Å²) < 4.78 is 5.11. The van der Waals surface area contributed by atoms with Gasteiger partial charge in [-0.15, -0.1) is 0 Å². The maximum Gasteiger partial charge on any atom is 0.338 e. The van der Waals surface area contributed by atoms with Crippen molar-refractivity contribution >= 4 is 5.97 Å². The number of rotatable bonds is 7. The van der Waals surface area contributed by atoms with Crippen molar-refractivity contribution in [1.29, 1.82) is 0 Å². The predicted octanol–water partition coefficient (Wildman–Crippen LogP) is 2.73. The molecule has 0 aliphatic carbocycles. The van der Waals surface area contributed by atoms with Gasteiger partial charge in [0.15, 0.2) is 0 Å². The number of hydrogen-bond acceptors (Lipinski definition) is 3. The lowest BCUT2D eigenvalue weighted by atomic mass is 10.2. The Bertz CT molecular complexity index is 407. The van der Waals surface area contributed by atoms with Crippen molar-refractivity contribution in [3.05, 3.63) is 60.2 Å². The number of benzene rings is 1. The topological polar surface area (TPSA) is 46.5 Å². The van der Waals surface area contributed by atoms with Gasteiger partial charge in [0, 0.05) is 6.61 Å². The van der Waals surface area contributed by atoms with Crippen LogP contribution in [-0.4, -0.2) is 24.3 Å². The molecule has 1 aromatic rings. The minimum Gasteiger partial charge on any atom is -0.457 e. The van der Waals surface area contributed by atoms with Gasteiger partial charge in [-0.25, -0.2) is 4.79 Å². The number of aliphatic hydroxyl groups excluding tert-OH is 1. The minimum atomic E-state index is -0.347. The third-order valence-corrected chi connectivity index (χ3v) is 2.28. The highest BCUT2D eigenvalue weighted by atomic mass is 16.5. The van der Waals surface area contributed by atoms with Crippen molar-refractivity contribution < 1.29 is 14.6 Å². The molecule has 0 aliphatic heterocycles. The molecule has 18 heavy (non-hydrogen) atoms. The molecule has 0 saturated carbocycles. The zero-order valence-electron chi connectivity index (χ0n) is 10.3. The van der Waals surface area contributed by atoms with Crippen molar-refractivity contribution in [1.82, 2.24) is 0 Å². The van der Waals surface area contributed by atoms with Crippen LogP contribution in [0.1, 0.15) is 23.2 Å². The van der Waals surface area contributed by atoms with Crippen LogP contribution in [0.15, 0.2) is 54.6 Å². The average Bonchev–Trinajstić information content (AvgIpc) is 2.42. The summed E-state index contributed by atoms with van der Waals surface area (Å²) in [7, 11) is 0. The minimum absolute atomic E-state index is 0.180. The molecule has 0 heterocycles. The van der Waals surface area contributed by atoms with Crippen LogP contribution in [-0.2, 0) is 4.74 Å². The summed E-state index contributed by atoms with van der Waals surface area (Å²) in [4.78, 5) is 11.6. The van der Waals surface area contributed by atoms with Gasteiger partial charge in [-0.1, -0.05) is 36.9 Å². The van der Waals surface area contributed by atoms with E-state index in [1.165, 1.54) is 0 Å². The Morgan fingerprint density at radius 3 is 2.72 bits per heavy atom. The molecule has 1 rings (SSSR count). The van der Waals surface area contributed by atoms with Crippen molar-refractivity contribution in [3.63, 3.8) is 0 Å². The molecule has 0 saturated heterocycles. The fourth-order valence-electron chi connectivity index (χ4n) is 1.32. The van der Waals surface area contributed by atoms with Crippen molar-refractivity contribution in [2.45, 2.75) is 12.8 Å². The molecule has 0 amide bonds. The molecule has 0 fully saturated rings.